The zero-order valence-corrected chi connectivity index (χ0v) is 26.7. The van der Waals surface area contributed by atoms with E-state index in [-0.39, 0.29) is 31.3 Å². The van der Waals surface area contributed by atoms with Gasteiger partial charge in [-0.1, -0.05) is 32.3 Å². The minimum Gasteiger partial charge on any atom is -0.486 e. The molecule has 2 heterocycles. The van der Waals surface area contributed by atoms with E-state index in [2.05, 4.69) is 16.9 Å². The van der Waals surface area contributed by atoms with Crippen LogP contribution in [0.1, 0.15) is 66.3 Å². The summed E-state index contributed by atoms with van der Waals surface area (Å²) in [5.41, 5.74) is 9.33. The molecule has 12 heteroatoms. The predicted octanol–water partition coefficient (Wildman–Crippen LogP) is 5.49. The summed E-state index contributed by atoms with van der Waals surface area (Å²) in [5.74, 6) is 1.01. The Morgan fingerprint density at radius 1 is 1.04 bits per heavy atom. The Balaban J connectivity index is 1.44. The number of benzene rings is 2. The number of pyridine rings is 1. The standard InChI is InChI=1S/C34H40N6O6/c1-5-6-7-10-19-45-34(43)38-32(35)26-14-13-25(20-23(26)2)46-22-30-37-27-21-24(12-15-28(27)39(30)3)33(42)40(18-16-31(41)44-4)29-11-8-9-17-36-29/h8-9,11-15,17,20-21H,5-7,10,16,18-19,22H2,1-4H3,(H2,35,38,43). The van der Waals surface area contributed by atoms with Gasteiger partial charge in [-0.25, -0.2) is 14.8 Å². The molecule has 12 nitrogen and oxygen atoms in total. The van der Waals surface area contributed by atoms with Crippen LogP contribution in [0.2, 0.25) is 0 Å². The second-order valence-corrected chi connectivity index (χ2v) is 10.7. The lowest BCUT2D eigenvalue weighted by Gasteiger charge is -2.21. The van der Waals surface area contributed by atoms with Crippen molar-refractivity contribution in [3.63, 3.8) is 0 Å². The molecule has 0 saturated heterocycles. The number of aromatic nitrogens is 3. The summed E-state index contributed by atoms with van der Waals surface area (Å²) in [6.07, 6.45) is 4.92. The number of ether oxygens (including phenoxy) is 3. The average Bonchev–Trinajstić information content (AvgIpc) is 3.38. The Kier molecular flexibility index (Phi) is 11.8. The van der Waals surface area contributed by atoms with Gasteiger partial charge in [0.25, 0.3) is 5.91 Å². The number of carbonyl (C=O) groups is 3. The number of amides is 2. The number of imidazole rings is 1. The van der Waals surface area contributed by atoms with Crippen LogP contribution in [-0.2, 0) is 27.9 Å². The maximum absolute atomic E-state index is 13.6. The smallest absolute Gasteiger partial charge is 0.435 e. The van der Waals surface area contributed by atoms with Crippen molar-refractivity contribution in [3.05, 3.63) is 83.3 Å². The van der Waals surface area contributed by atoms with Gasteiger partial charge in [0.1, 0.15) is 29.8 Å². The number of aliphatic imine (C=N–C) groups is 1. The largest absolute Gasteiger partial charge is 0.486 e. The van der Waals surface area contributed by atoms with Crippen molar-refractivity contribution in [1.29, 1.82) is 0 Å². The van der Waals surface area contributed by atoms with Crippen LogP contribution >= 0.6 is 0 Å². The first-order valence-corrected chi connectivity index (χ1v) is 15.2. The molecule has 0 fully saturated rings. The quantitative estimate of drug-likeness (QED) is 0.0827. The number of nitrogens with zero attached hydrogens (tertiary/aromatic N) is 5. The third kappa shape index (κ3) is 8.68. The van der Waals surface area contributed by atoms with Gasteiger partial charge in [-0.05, 0) is 67.4 Å². The lowest BCUT2D eigenvalue weighted by atomic mass is 10.1. The van der Waals surface area contributed by atoms with Crippen molar-refractivity contribution >= 4 is 40.7 Å². The van der Waals surface area contributed by atoms with Gasteiger partial charge in [0.15, 0.2) is 0 Å². The first-order valence-electron chi connectivity index (χ1n) is 15.2. The minimum absolute atomic E-state index is 0.0255. The van der Waals surface area contributed by atoms with Crippen LogP contribution in [0.25, 0.3) is 11.0 Å². The molecule has 0 bridgehead atoms. The van der Waals surface area contributed by atoms with Gasteiger partial charge < -0.3 is 24.5 Å². The van der Waals surface area contributed by atoms with E-state index in [1.807, 2.05) is 30.7 Å². The Morgan fingerprint density at radius 3 is 2.59 bits per heavy atom. The summed E-state index contributed by atoms with van der Waals surface area (Å²) >= 11 is 0. The van der Waals surface area contributed by atoms with Gasteiger partial charge in [0.2, 0.25) is 0 Å². The van der Waals surface area contributed by atoms with Crippen LogP contribution in [0, 0.1) is 6.92 Å². The van der Waals surface area contributed by atoms with E-state index in [9.17, 15) is 14.4 Å². The second-order valence-electron chi connectivity index (χ2n) is 10.7. The molecule has 46 heavy (non-hydrogen) atoms. The van der Waals surface area contributed by atoms with Gasteiger partial charge in [-0.15, -0.1) is 0 Å². The molecular weight excluding hydrogens is 588 g/mol. The van der Waals surface area contributed by atoms with Gasteiger partial charge in [-0.2, -0.15) is 4.99 Å². The summed E-state index contributed by atoms with van der Waals surface area (Å²) in [5, 5.41) is 0. The van der Waals surface area contributed by atoms with Gasteiger partial charge in [0, 0.05) is 30.9 Å². The monoisotopic (exact) mass is 628 g/mol. The Morgan fingerprint density at radius 2 is 1.87 bits per heavy atom. The maximum Gasteiger partial charge on any atom is 0.435 e. The number of unbranched alkanes of at least 4 members (excludes halogenated alkanes) is 3. The lowest BCUT2D eigenvalue weighted by Crippen LogP contribution is -2.33. The van der Waals surface area contributed by atoms with Gasteiger partial charge >= 0.3 is 12.1 Å². The first-order chi connectivity index (χ1) is 22.2. The number of carbonyl (C=O) groups excluding carboxylic acids is 3. The van der Waals surface area contributed by atoms with Crippen LogP contribution in [-0.4, -0.2) is 58.6 Å². The van der Waals surface area contributed by atoms with E-state index in [0.717, 1.165) is 36.8 Å². The number of fused-ring (bicyclic) bond motifs is 1. The van der Waals surface area contributed by atoms with E-state index in [4.69, 9.17) is 24.9 Å². The summed E-state index contributed by atoms with van der Waals surface area (Å²) in [6, 6.07) is 15.8. The molecule has 4 aromatic rings. The highest BCUT2D eigenvalue weighted by atomic mass is 16.5. The van der Waals surface area contributed by atoms with Crippen LogP contribution in [0.3, 0.4) is 0 Å². The molecule has 0 radical (unpaired) electrons. The van der Waals surface area contributed by atoms with Crippen molar-refractivity contribution in [2.45, 2.75) is 52.6 Å². The lowest BCUT2D eigenvalue weighted by molar-refractivity contribution is -0.140. The van der Waals surface area contributed by atoms with E-state index in [1.54, 1.807) is 48.7 Å². The van der Waals surface area contributed by atoms with E-state index >= 15 is 0 Å². The third-order valence-corrected chi connectivity index (χ3v) is 7.44. The average molecular weight is 629 g/mol. The van der Waals surface area contributed by atoms with E-state index < -0.39 is 12.1 Å². The van der Waals surface area contributed by atoms with Crippen LogP contribution in [0.5, 0.6) is 5.75 Å². The molecule has 2 aromatic heterocycles. The molecule has 0 spiro atoms. The molecule has 0 aliphatic heterocycles. The number of aryl methyl sites for hydroxylation is 2. The summed E-state index contributed by atoms with van der Waals surface area (Å²) in [4.78, 5) is 51.8. The van der Waals surface area contributed by atoms with Gasteiger partial charge in [0.05, 0.1) is 31.2 Å². The molecule has 242 valence electrons. The summed E-state index contributed by atoms with van der Waals surface area (Å²) < 4.78 is 17.9. The number of hydrogen-bond acceptors (Lipinski definition) is 8. The zero-order valence-electron chi connectivity index (χ0n) is 26.7. The van der Waals surface area contributed by atoms with Crippen molar-refractivity contribution < 1.29 is 28.6 Å². The number of rotatable bonds is 14. The SMILES string of the molecule is CCCCCCOC(=O)/N=C(/N)c1ccc(OCc2nc3cc(C(=O)N(CCC(=O)OC)c4ccccn4)ccc3n2C)cc1C. The highest BCUT2D eigenvalue weighted by Crippen LogP contribution is 2.23. The van der Waals surface area contributed by atoms with E-state index in [0.29, 0.717) is 40.6 Å². The highest BCUT2D eigenvalue weighted by Gasteiger charge is 2.21. The molecular formula is C34H40N6O6. The van der Waals surface area contributed by atoms with Crippen molar-refractivity contribution in [3.8, 4) is 5.75 Å². The fourth-order valence-electron chi connectivity index (χ4n) is 4.85. The molecule has 0 atom stereocenters. The Hall–Kier alpha value is -5.26. The van der Waals surface area contributed by atoms with Crippen LogP contribution < -0.4 is 15.4 Å². The fraction of sp³-hybridized carbons (Fsp3) is 0.353. The minimum atomic E-state index is -0.703. The highest BCUT2D eigenvalue weighted by molar-refractivity contribution is 6.07. The van der Waals surface area contributed by atoms with Crippen molar-refractivity contribution in [2.75, 3.05) is 25.2 Å². The molecule has 2 amide bonds. The summed E-state index contributed by atoms with van der Waals surface area (Å²) in [6.45, 7) is 4.57. The number of anilines is 1. The Bertz CT molecular complexity index is 1700. The number of amidine groups is 1. The number of nitrogens with two attached hydrogens (primary N) is 1. The van der Waals surface area contributed by atoms with Crippen molar-refractivity contribution in [1.82, 2.24) is 14.5 Å². The van der Waals surface area contributed by atoms with E-state index in [1.165, 1.54) is 12.0 Å². The molecule has 0 aliphatic carbocycles. The zero-order chi connectivity index (χ0) is 33.1. The normalized spacial score (nSPS) is 11.3. The molecule has 2 aromatic carbocycles. The molecule has 2 N–H and O–H groups in total. The number of esters is 1. The first kappa shape index (κ1) is 33.6. The van der Waals surface area contributed by atoms with Crippen LogP contribution in [0.4, 0.5) is 10.6 Å². The molecule has 0 aliphatic rings. The topological polar surface area (TPSA) is 151 Å². The maximum atomic E-state index is 13.6. The van der Waals surface area contributed by atoms with Crippen LogP contribution in [0.15, 0.2) is 65.8 Å². The predicted molar refractivity (Wildman–Crippen MR) is 175 cm³/mol. The molecule has 0 unspecified atom stereocenters. The second kappa shape index (κ2) is 16.2. The molecule has 4 rings (SSSR count). The van der Waals surface area contributed by atoms with Crippen molar-refractivity contribution in [2.24, 2.45) is 17.8 Å². The van der Waals surface area contributed by atoms with Gasteiger partial charge in [-0.3, -0.25) is 14.5 Å². The third-order valence-electron chi connectivity index (χ3n) is 7.44. The number of hydrogen-bond donors (Lipinski definition) is 1. The summed E-state index contributed by atoms with van der Waals surface area (Å²) in [7, 11) is 3.19. The molecule has 0 saturated carbocycles. The Labute approximate surface area is 268 Å². The fourth-order valence-corrected chi connectivity index (χ4v) is 4.85. The number of methoxy groups -OCH3 is 1.